The SMILES string of the molecule is CC(O)CCNCc1csc(-c2ccc3c(c2)OCO3)n1. The van der Waals surface area contributed by atoms with Crippen molar-refractivity contribution >= 4 is 11.3 Å². The first-order valence-corrected chi connectivity index (χ1v) is 7.83. The monoisotopic (exact) mass is 306 g/mol. The molecule has 0 bridgehead atoms. The van der Waals surface area contributed by atoms with Crippen molar-refractivity contribution < 1.29 is 14.6 Å². The minimum atomic E-state index is -0.267. The van der Waals surface area contributed by atoms with Crippen LogP contribution in [0.5, 0.6) is 11.5 Å². The highest BCUT2D eigenvalue weighted by Crippen LogP contribution is 2.36. The normalized spacial score (nSPS) is 14.4. The van der Waals surface area contributed by atoms with Gasteiger partial charge in [0.05, 0.1) is 11.8 Å². The fraction of sp³-hybridized carbons (Fsp3) is 0.400. The Labute approximate surface area is 127 Å². The molecule has 0 saturated heterocycles. The zero-order valence-electron chi connectivity index (χ0n) is 11.8. The molecule has 112 valence electrons. The lowest BCUT2D eigenvalue weighted by molar-refractivity contribution is 0.174. The molecule has 0 fully saturated rings. The first-order valence-electron chi connectivity index (χ1n) is 6.95. The second-order valence-corrected chi connectivity index (χ2v) is 5.88. The van der Waals surface area contributed by atoms with Gasteiger partial charge < -0.3 is 19.9 Å². The third-order valence-electron chi connectivity index (χ3n) is 3.22. The molecule has 2 aromatic rings. The van der Waals surface area contributed by atoms with Crippen molar-refractivity contribution in [2.75, 3.05) is 13.3 Å². The van der Waals surface area contributed by atoms with Crippen molar-refractivity contribution in [3.05, 3.63) is 29.3 Å². The molecule has 0 spiro atoms. The van der Waals surface area contributed by atoms with Crippen LogP contribution in [0.15, 0.2) is 23.6 Å². The van der Waals surface area contributed by atoms with Gasteiger partial charge in [-0.3, -0.25) is 0 Å². The molecule has 1 aromatic carbocycles. The van der Waals surface area contributed by atoms with E-state index in [0.717, 1.165) is 40.7 Å². The molecule has 1 unspecified atom stereocenters. The number of benzene rings is 1. The van der Waals surface area contributed by atoms with Crippen LogP contribution in [0, 0.1) is 0 Å². The lowest BCUT2D eigenvalue weighted by Crippen LogP contribution is -2.18. The summed E-state index contributed by atoms with van der Waals surface area (Å²) >= 11 is 1.62. The molecule has 1 aliphatic heterocycles. The summed E-state index contributed by atoms with van der Waals surface area (Å²) in [6.45, 7) is 3.58. The van der Waals surface area contributed by atoms with E-state index in [2.05, 4.69) is 15.7 Å². The van der Waals surface area contributed by atoms with Gasteiger partial charge in [-0.25, -0.2) is 4.98 Å². The van der Waals surface area contributed by atoms with Crippen molar-refractivity contribution in [2.24, 2.45) is 0 Å². The van der Waals surface area contributed by atoms with Gasteiger partial charge in [0.1, 0.15) is 5.01 Å². The Morgan fingerprint density at radius 2 is 2.24 bits per heavy atom. The Bertz CT molecular complexity index is 613. The highest BCUT2D eigenvalue weighted by molar-refractivity contribution is 7.13. The quantitative estimate of drug-likeness (QED) is 0.802. The number of aliphatic hydroxyl groups is 1. The van der Waals surface area contributed by atoms with Crippen LogP contribution in [0.3, 0.4) is 0 Å². The van der Waals surface area contributed by atoms with Crippen molar-refractivity contribution in [3.63, 3.8) is 0 Å². The summed E-state index contributed by atoms with van der Waals surface area (Å²) in [7, 11) is 0. The molecule has 0 saturated carbocycles. The van der Waals surface area contributed by atoms with Crippen molar-refractivity contribution in [1.29, 1.82) is 0 Å². The molecule has 3 rings (SSSR count). The molecular weight excluding hydrogens is 288 g/mol. The summed E-state index contributed by atoms with van der Waals surface area (Å²) in [5.41, 5.74) is 2.05. The van der Waals surface area contributed by atoms with E-state index >= 15 is 0 Å². The van der Waals surface area contributed by atoms with E-state index in [1.165, 1.54) is 0 Å². The Kier molecular flexibility index (Phi) is 4.38. The summed E-state index contributed by atoms with van der Waals surface area (Å²) < 4.78 is 10.7. The predicted octanol–water partition coefficient (Wildman–Crippen LogP) is 2.40. The molecule has 5 nitrogen and oxygen atoms in total. The van der Waals surface area contributed by atoms with Crippen LogP contribution in [-0.4, -0.2) is 29.5 Å². The van der Waals surface area contributed by atoms with Crippen LogP contribution in [-0.2, 0) is 6.54 Å². The van der Waals surface area contributed by atoms with E-state index in [1.54, 1.807) is 18.3 Å². The third kappa shape index (κ3) is 3.53. The van der Waals surface area contributed by atoms with Gasteiger partial charge in [0.25, 0.3) is 0 Å². The van der Waals surface area contributed by atoms with Crippen LogP contribution in [0.4, 0.5) is 0 Å². The molecule has 6 heteroatoms. The number of nitrogens with zero attached hydrogens (tertiary/aromatic N) is 1. The molecule has 0 aliphatic carbocycles. The average molecular weight is 306 g/mol. The van der Waals surface area contributed by atoms with Gasteiger partial charge in [-0.15, -0.1) is 11.3 Å². The summed E-state index contributed by atoms with van der Waals surface area (Å²) in [5, 5.41) is 15.5. The van der Waals surface area contributed by atoms with Crippen molar-refractivity contribution in [3.8, 4) is 22.1 Å². The maximum absolute atomic E-state index is 9.20. The summed E-state index contributed by atoms with van der Waals surface area (Å²) in [6, 6.07) is 5.88. The van der Waals surface area contributed by atoms with E-state index in [4.69, 9.17) is 9.47 Å². The van der Waals surface area contributed by atoms with Gasteiger partial charge in [0.15, 0.2) is 11.5 Å². The van der Waals surface area contributed by atoms with Crippen LogP contribution < -0.4 is 14.8 Å². The molecule has 1 atom stereocenters. The van der Waals surface area contributed by atoms with E-state index in [0.29, 0.717) is 6.54 Å². The number of rotatable bonds is 6. The van der Waals surface area contributed by atoms with Gasteiger partial charge in [0, 0.05) is 17.5 Å². The Hall–Kier alpha value is -1.63. The second kappa shape index (κ2) is 6.43. The first-order chi connectivity index (χ1) is 10.2. The van der Waals surface area contributed by atoms with Crippen molar-refractivity contribution in [1.82, 2.24) is 10.3 Å². The Morgan fingerprint density at radius 3 is 3.10 bits per heavy atom. The fourth-order valence-corrected chi connectivity index (χ4v) is 2.89. The molecule has 2 heterocycles. The van der Waals surface area contributed by atoms with Crippen molar-refractivity contribution in [2.45, 2.75) is 26.0 Å². The average Bonchev–Trinajstić information content (AvgIpc) is 3.11. The van der Waals surface area contributed by atoms with Crippen LogP contribution in [0.1, 0.15) is 19.0 Å². The standard InChI is InChI=1S/C15H18N2O3S/c1-10(18)4-5-16-7-12-8-21-15(17-12)11-2-3-13-14(6-11)20-9-19-13/h2-3,6,8,10,16,18H,4-5,7,9H2,1H3. The zero-order chi connectivity index (χ0) is 14.7. The van der Waals surface area contributed by atoms with Gasteiger partial charge in [-0.05, 0) is 38.1 Å². The topological polar surface area (TPSA) is 63.6 Å². The number of ether oxygens (including phenoxy) is 2. The second-order valence-electron chi connectivity index (χ2n) is 5.03. The summed E-state index contributed by atoms with van der Waals surface area (Å²) in [6.07, 6.45) is 0.483. The molecule has 2 N–H and O–H groups in total. The maximum Gasteiger partial charge on any atom is 0.231 e. The number of aromatic nitrogens is 1. The molecule has 1 aliphatic rings. The van der Waals surface area contributed by atoms with E-state index in [1.807, 2.05) is 18.2 Å². The lowest BCUT2D eigenvalue weighted by Gasteiger charge is -2.04. The largest absolute Gasteiger partial charge is 0.454 e. The van der Waals surface area contributed by atoms with E-state index < -0.39 is 0 Å². The highest BCUT2D eigenvalue weighted by Gasteiger charge is 2.15. The van der Waals surface area contributed by atoms with Gasteiger partial charge >= 0.3 is 0 Å². The molecule has 1 aromatic heterocycles. The summed E-state index contributed by atoms with van der Waals surface area (Å²) in [4.78, 5) is 4.62. The minimum Gasteiger partial charge on any atom is -0.454 e. The number of hydrogen-bond donors (Lipinski definition) is 2. The van der Waals surface area contributed by atoms with E-state index in [9.17, 15) is 5.11 Å². The fourth-order valence-electron chi connectivity index (χ4n) is 2.08. The number of aliphatic hydroxyl groups excluding tert-OH is 1. The lowest BCUT2D eigenvalue weighted by atomic mass is 10.2. The third-order valence-corrected chi connectivity index (χ3v) is 4.16. The van der Waals surface area contributed by atoms with Gasteiger partial charge in [-0.1, -0.05) is 0 Å². The van der Waals surface area contributed by atoms with Gasteiger partial charge in [0.2, 0.25) is 6.79 Å². The molecular formula is C15H18N2O3S. The molecule has 0 amide bonds. The predicted molar refractivity (Wildman–Crippen MR) is 81.7 cm³/mol. The number of thiazole rings is 1. The Balaban J connectivity index is 1.62. The first kappa shape index (κ1) is 14.3. The minimum absolute atomic E-state index is 0.267. The van der Waals surface area contributed by atoms with Crippen LogP contribution in [0.25, 0.3) is 10.6 Å². The smallest absolute Gasteiger partial charge is 0.231 e. The van der Waals surface area contributed by atoms with Gasteiger partial charge in [-0.2, -0.15) is 0 Å². The Morgan fingerprint density at radius 1 is 1.38 bits per heavy atom. The highest BCUT2D eigenvalue weighted by atomic mass is 32.1. The number of hydrogen-bond acceptors (Lipinski definition) is 6. The van der Waals surface area contributed by atoms with Crippen LogP contribution >= 0.6 is 11.3 Å². The number of fused-ring (bicyclic) bond motifs is 1. The van der Waals surface area contributed by atoms with Crippen LogP contribution in [0.2, 0.25) is 0 Å². The number of nitrogens with one attached hydrogen (secondary N) is 1. The zero-order valence-corrected chi connectivity index (χ0v) is 12.7. The van der Waals surface area contributed by atoms with E-state index in [-0.39, 0.29) is 12.9 Å². The summed E-state index contributed by atoms with van der Waals surface area (Å²) in [5.74, 6) is 1.56. The molecule has 0 radical (unpaired) electrons. The maximum atomic E-state index is 9.20. The molecule has 21 heavy (non-hydrogen) atoms.